The molecule has 0 spiro atoms. The molecule has 0 amide bonds. The van der Waals surface area contributed by atoms with E-state index >= 15 is 0 Å². The molecule has 1 unspecified atom stereocenters. The molecule has 204 valence electrons. The van der Waals surface area contributed by atoms with Crippen LogP contribution in [0, 0.1) is 13.8 Å². The standard InChI is InChI=1S/C24H29.C12H9Si.2ClH.Zr/c1-7-8-18-14-19-9-10-22(24(4,5)6)23(21(19)15-18)20-12-16(2)11-17(3)13-20;1-3-7-11-9(5-1)10-6-2-4-8-12(10)13-11;;;/h9-15H,7-8H2,1-6H3;1-7H,13H2;2*1H;/q;;;;+2/p-2. The first kappa shape index (κ1) is 28.4. The summed E-state index contributed by atoms with van der Waals surface area (Å²) in [7, 11) is 15.2. The molecule has 4 aromatic carbocycles. The van der Waals surface area contributed by atoms with Crippen molar-refractivity contribution in [1.29, 1.82) is 0 Å². The molecule has 4 aromatic rings. The second-order valence-corrected chi connectivity index (χ2v) is 28.6. The fourth-order valence-corrected chi connectivity index (χ4v) is 24.0. The number of allylic oxidation sites excluding steroid dienone is 1. The number of benzene rings is 4. The van der Waals surface area contributed by atoms with Crippen molar-refractivity contribution in [3.05, 3.63) is 106 Å². The third kappa shape index (κ3) is 4.78. The van der Waals surface area contributed by atoms with Crippen LogP contribution < -0.4 is 13.6 Å². The van der Waals surface area contributed by atoms with Gasteiger partial charge in [-0.15, -0.1) is 0 Å². The summed E-state index contributed by atoms with van der Waals surface area (Å²) in [5, 5.41) is 3.01. The molecule has 0 bridgehead atoms. The normalized spacial score (nSPS) is 16.6. The van der Waals surface area contributed by atoms with E-state index in [4.69, 9.17) is 17.0 Å². The van der Waals surface area contributed by atoms with Crippen molar-refractivity contribution in [2.45, 2.75) is 63.4 Å². The summed E-state index contributed by atoms with van der Waals surface area (Å²) in [6.07, 6.45) is 4.60. The Morgan fingerprint density at radius 3 is 2.25 bits per heavy atom. The van der Waals surface area contributed by atoms with Gasteiger partial charge in [0.05, 0.1) is 0 Å². The zero-order valence-electron chi connectivity index (χ0n) is 24.5. The van der Waals surface area contributed by atoms with Crippen molar-refractivity contribution >= 4 is 46.3 Å². The predicted molar refractivity (Wildman–Crippen MR) is 177 cm³/mol. The van der Waals surface area contributed by atoms with E-state index in [1.807, 2.05) is 0 Å². The van der Waals surface area contributed by atoms with Crippen LogP contribution in [0.4, 0.5) is 0 Å². The average molecular weight is 661 g/mol. The van der Waals surface area contributed by atoms with Crippen LogP contribution >= 0.6 is 17.0 Å². The van der Waals surface area contributed by atoms with Crippen molar-refractivity contribution in [3.63, 3.8) is 0 Å². The second-order valence-electron chi connectivity index (χ2n) is 12.8. The van der Waals surface area contributed by atoms with E-state index in [1.165, 1.54) is 69.3 Å². The first-order valence-corrected chi connectivity index (χ1v) is 24.9. The summed E-state index contributed by atoms with van der Waals surface area (Å²) in [6, 6.07) is 27.4. The third-order valence-electron chi connectivity index (χ3n) is 8.72. The summed E-state index contributed by atoms with van der Waals surface area (Å²) < 4.78 is 1.43. The van der Waals surface area contributed by atoms with Gasteiger partial charge in [-0.25, -0.2) is 0 Å². The predicted octanol–water partition coefficient (Wildman–Crippen LogP) is 8.39. The van der Waals surface area contributed by atoms with Crippen LogP contribution in [-0.4, -0.2) is 9.52 Å². The Morgan fingerprint density at radius 1 is 0.850 bits per heavy atom. The van der Waals surface area contributed by atoms with Gasteiger partial charge >= 0.3 is 256 Å². The van der Waals surface area contributed by atoms with E-state index in [-0.39, 0.29) is 9.04 Å². The van der Waals surface area contributed by atoms with Crippen LogP contribution in [0.3, 0.4) is 0 Å². The van der Waals surface area contributed by atoms with E-state index in [0.717, 1.165) is 12.8 Å². The molecule has 0 radical (unpaired) electrons. The van der Waals surface area contributed by atoms with Gasteiger partial charge in [-0.2, -0.15) is 0 Å². The Labute approximate surface area is 254 Å². The molecule has 4 heteroatoms. The number of fused-ring (bicyclic) bond motifs is 4. The van der Waals surface area contributed by atoms with Crippen LogP contribution in [0.5, 0.6) is 0 Å². The molecule has 6 rings (SSSR count). The summed E-state index contributed by atoms with van der Waals surface area (Å²) in [4.78, 5) is 0. The molecule has 0 nitrogen and oxygen atoms in total. The number of aryl methyl sites for hydroxylation is 2. The molecular weight excluding hydrogens is 623 g/mol. The van der Waals surface area contributed by atoms with Crippen molar-refractivity contribution in [1.82, 2.24) is 0 Å². The Hall–Kier alpha value is -1.70. The minimum absolute atomic E-state index is 0.0127. The van der Waals surface area contributed by atoms with E-state index in [9.17, 15) is 0 Å². The second kappa shape index (κ2) is 10.5. The zero-order valence-corrected chi connectivity index (χ0v) is 29.8. The number of halogens is 2. The third-order valence-corrected chi connectivity index (χ3v) is 23.1. The van der Waals surface area contributed by atoms with Crippen molar-refractivity contribution in [3.8, 4) is 22.3 Å². The molecule has 2 aliphatic rings. The van der Waals surface area contributed by atoms with Gasteiger partial charge in [-0.3, -0.25) is 0 Å². The van der Waals surface area contributed by atoms with Crippen molar-refractivity contribution in [2.75, 3.05) is 0 Å². The Kier molecular flexibility index (Phi) is 7.49. The summed E-state index contributed by atoms with van der Waals surface area (Å²) in [5.74, 6) is 0. The quantitative estimate of drug-likeness (QED) is 0.166. The molecule has 1 heterocycles. The van der Waals surface area contributed by atoms with E-state index < -0.39 is 27.4 Å². The van der Waals surface area contributed by atoms with Crippen molar-refractivity contribution in [2.24, 2.45) is 0 Å². The molecule has 1 aliphatic heterocycles. The maximum absolute atomic E-state index is 7.89. The minimum atomic E-state index is -3.98. The summed E-state index contributed by atoms with van der Waals surface area (Å²) >= 11 is -3.98. The number of rotatable bonds is 5. The first-order valence-electron chi connectivity index (χ1n) is 14.6. The summed E-state index contributed by atoms with van der Waals surface area (Å²) in [6.45, 7) is 13.7. The Morgan fingerprint density at radius 2 is 1.55 bits per heavy atom. The molecule has 0 saturated carbocycles. The van der Waals surface area contributed by atoms with Crippen LogP contribution in [0.15, 0.2) is 78.4 Å². The topological polar surface area (TPSA) is 0 Å². The molecule has 0 fully saturated rings. The number of hydrogen-bond donors (Lipinski definition) is 0. The van der Waals surface area contributed by atoms with Crippen LogP contribution in [0.2, 0.25) is 0 Å². The Balaban J connectivity index is 1.57. The van der Waals surface area contributed by atoms with E-state index in [2.05, 4.69) is 120 Å². The monoisotopic (exact) mass is 658 g/mol. The molecule has 0 saturated heterocycles. The van der Waals surface area contributed by atoms with Gasteiger partial charge in [0, 0.05) is 0 Å². The first-order chi connectivity index (χ1) is 19.0. The Bertz CT molecular complexity index is 1650. The van der Waals surface area contributed by atoms with Gasteiger partial charge < -0.3 is 0 Å². The maximum atomic E-state index is 7.89. The van der Waals surface area contributed by atoms with Gasteiger partial charge in [-0.1, -0.05) is 0 Å². The molecule has 40 heavy (non-hydrogen) atoms. The fraction of sp³-hybridized carbons (Fsp3) is 0.278. The average Bonchev–Trinajstić information content (AvgIpc) is 3.45. The SMILES string of the molecule is CCCC1=Cc2c(ccc(C(C)(C)C)c2-c2cc(C)cc(C)c2)[CH]1[Zr]([Cl])([Cl])[c]1cccc2c1[SiH2]c1ccccc1-2. The van der Waals surface area contributed by atoms with Gasteiger partial charge in [0.15, 0.2) is 0 Å². The molecule has 1 aliphatic carbocycles. The van der Waals surface area contributed by atoms with Crippen LogP contribution in [0.25, 0.3) is 28.3 Å². The molecule has 0 N–H and O–H groups in total. The van der Waals surface area contributed by atoms with E-state index in [0.29, 0.717) is 0 Å². The fourth-order valence-electron chi connectivity index (χ4n) is 7.12. The molecular formula is C36H38Cl2SiZr. The van der Waals surface area contributed by atoms with Crippen LogP contribution in [-0.2, 0) is 23.3 Å². The molecule has 1 atom stereocenters. The van der Waals surface area contributed by atoms with Gasteiger partial charge in [-0.05, 0) is 0 Å². The van der Waals surface area contributed by atoms with Gasteiger partial charge in [0.25, 0.3) is 0 Å². The van der Waals surface area contributed by atoms with Gasteiger partial charge in [0.1, 0.15) is 0 Å². The van der Waals surface area contributed by atoms with Crippen molar-refractivity contribution < 1.29 is 17.9 Å². The van der Waals surface area contributed by atoms with Crippen LogP contribution in [0.1, 0.15) is 72.0 Å². The van der Waals surface area contributed by atoms with Gasteiger partial charge in [0.2, 0.25) is 0 Å². The number of hydrogen-bond acceptors (Lipinski definition) is 0. The summed E-state index contributed by atoms with van der Waals surface area (Å²) in [5.41, 5.74) is 13.6. The molecule has 0 aromatic heterocycles. The zero-order chi connectivity index (χ0) is 28.4. The van der Waals surface area contributed by atoms with E-state index in [1.54, 1.807) is 0 Å².